The van der Waals surface area contributed by atoms with Crippen molar-refractivity contribution in [1.82, 2.24) is 5.32 Å². The molecule has 5 heteroatoms. The smallest absolute Gasteiger partial charge is 0.247 e. The standard InChI is InChI=1S/C12H17ClN2O2/c1-2-10(15-7-11(16)12(14)17)8-4-3-5-9(13)6-8/h3-6,10-11,15-16H,2,7H2,1H3,(H2,14,17). The summed E-state index contributed by atoms with van der Waals surface area (Å²) in [5, 5.41) is 13.1. The first-order valence-corrected chi connectivity index (χ1v) is 5.88. The summed E-state index contributed by atoms with van der Waals surface area (Å²) < 4.78 is 0. The Hall–Kier alpha value is -1.10. The maximum absolute atomic E-state index is 10.7. The Labute approximate surface area is 106 Å². The topological polar surface area (TPSA) is 75.3 Å². The maximum atomic E-state index is 10.7. The van der Waals surface area contributed by atoms with Crippen LogP contribution in [0.1, 0.15) is 24.9 Å². The van der Waals surface area contributed by atoms with E-state index in [4.69, 9.17) is 17.3 Å². The third-order valence-electron chi connectivity index (χ3n) is 2.55. The van der Waals surface area contributed by atoms with E-state index in [2.05, 4.69) is 5.32 Å². The maximum Gasteiger partial charge on any atom is 0.247 e. The van der Waals surface area contributed by atoms with Crippen molar-refractivity contribution in [2.45, 2.75) is 25.5 Å². The molecule has 0 radical (unpaired) electrons. The number of aliphatic hydroxyl groups excluding tert-OH is 1. The Morgan fingerprint density at radius 3 is 2.82 bits per heavy atom. The lowest BCUT2D eigenvalue weighted by molar-refractivity contribution is -0.125. The van der Waals surface area contributed by atoms with Gasteiger partial charge in [-0.1, -0.05) is 30.7 Å². The van der Waals surface area contributed by atoms with E-state index in [1.807, 2.05) is 25.1 Å². The normalized spacial score (nSPS) is 14.3. The highest BCUT2D eigenvalue weighted by Crippen LogP contribution is 2.20. The summed E-state index contributed by atoms with van der Waals surface area (Å²) in [4.78, 5) is 10.7. The third kappa shape index (κ3) is 4.34. The lowest BCUT2D eigenvalue weighted by Gasteiger charge is -2.19. The fourth-order valence-electron chi connectivity index (χ4n) is 1.58. The number of amides is 1. The van der Waals surface area contributed by atoms with E-state index in [0.29, 0.717) is 5.02 Å². The number of aliphatic hydroxyl groups is 1. The van der Waals surface area contributed by atoms with E-state index < -0.39 is 12.0 Å². The molecule has 1 aromatic rings. The fourth-order valence-corrected chi connectivity index (χ4v) is 1.77. The molecule has 1 amide bonds. The molecule has 94 valence electrons. The van der Waals surface area contributed by atoms with Gasteiger partial charge in [0.1, 0.15) is 6.10 Å². The molecule has 4 N–H and O–H groups in total. The zero-order valence-electron chi connectivity index (χ0n) is 9.69. The largest absolute Gasteiger partial charge is 0.382 e. The molecular formula is C12H17ClN2O2. The molecule has 0 aliphatic carbocycles. The zero-order valence-corrected chi connectivity index (χ0v) is 10.4. The molecule has 0 saturated carbocycles. The number of nitrogens with one attached hydrogen (secondary N) is 1. The summed E-state index contributed by atoms with van der Waals surface area (Å²) in [6.45, 7) is 2.15. The number of halogens is 1. The summed E-state index contributed by atoms with van der Waals surface area (Å²) >= 11 is 5.91. The van der Waals surface area contributed by atoms with Gasteiger partial charge in [0.2, 0.25) is 5.91 Å². The molecule has 0 heterocycles. The van der Waals surface area contributed by atoms with Crippen LogP contribution in [-0.2, 0) is 4.79 Å². The molecule has 17 heavy (non-hydrogen) atoms. The van der Waals surface area contributed by atoms with Gasteiger partial charge in [0.25, 0.3) is 0 Å². The minimum Gasteiger partial charge on any atom is -0.382 e. The highest BCUT2D eigenvalue weighted by atomic mass is 35.5. The van der Waals surface area contributed by atoms with Crippen molar-refractivity contribution in [2.75, 3.05) is 6.54 Å². The van der Waals surface area contributed by atoms with Gasteiger partial charge in [-0.25, -0.2) is 0 Å². The van der Waals surface area contributed by atoms with Crippen molar-refractivity contribution < 1.29 is 9.90 Å². The van der Waals surface area contributed by atoms with Crippen LogP contribution in [0.15, 0.2) is 24.3 Å². The Balaban J connectivity index is 2.63. The summed E-state index contributed by atoms with van der Waals surface area (Å²) in [5.41, 5.74) is 6.00. The van der Waals surface area contributed by atoms with Crippen LogP contribution in [0.5, 0.6) is 0 Å². The number of primary amides is 1. The fraction of sp³-hybridized carbons (Fsp3) is 0.417. The molecule has 4 nitrogen and oxygen atoms in total. The van der Waals surface area contributed by atoms with Crippen LogP contribution in [-0.4, -0.2) is 23.7 Å². The molecule has 0 aromatic heterocycles. The van der Waals surface area contributed by atoms with Crippen molar-refractivity contribution in [3.63, 3.8) is 0 Å². The lowest BCUT2D eigenvalue weighted by atomic mass is 10.0. The molecule has 2 unspecified atom stereocenters. The molecule has 0 aliphatic rings. The first kappa shape index (κ1) is 14.0. The highest BCUT2D eigenvalue weighted by Gasteiger charge is 2.14. The number of carbonyl (C=O) groups excluding carboxylic acids is 1. The Morgan fingerprint density at radius 1 is 1.59 bits per heavy atom. The third-order valence-corrected chi connectivity index (χ3v) is 2.78. The predicted molar refractivity (Wildman–Crippen MR) is 67.7 cm³/mol. The highest BCUT2D eigenvalue weighted by molar-refractivity contribution is 6.30. The van der Waals surface area contributed by atoms with E-state index in [1.54, 1.807) is 6.07 Å². The van der Waals surface area contributed by atoms with Crippen LogP contribution in [0.25, 0.3) is 0 Å². The van der Waals surface area contributed by atoms with Gasteiger partial charge in [0.15, 0.2) is 0 Å². The first-order valence-electron chi connectivity index (χ1n) is 5.50. The van der Waals surface area contributed by atoms with Crippen molar-refractivity contribution in [2.24, 2.45) is 5.73 Å². The van der Waals surface area contributed by atoms with E-state index in [0.717, 1.165) is 12.0 Å². The number of nitrogens with two attached hydrogens (primary N) is 1. The molecule has 0 saturated heterocycles. The van der Waals surface area contributed by atoms with Gasteiger partial charge < -0.3 is 16.2 Å². The summed E-state index contributed by atoms with van der Waals surface area (Å²) in [6, 6.07) is 7.52. The van der Waals surface area contributed by atoms with Crippen LogP contribution >= 0.6 is 11.6 Å². The average molecular weight is 257 g/mol. The van der Waals surface area contributed by atoms with Crippen molar-refractivity contribution >= 4 is 17.5 Å². The minimum absolute atomic E-state index is 0.0442. The average Bonchev–Trinajstić information content (AvgIpc) is 2.29. The molecule has 2 atom stereocenters. The number of hydrogen-bond donors (Lipinski definition) is 3. The summed E-state index contributed by atoms with van der Waals surface area (Å²) in [6.07, 6.45) is -0.338. The van der Waals surface area contributed by atoms with Gasteiger partial charge in [0, 0.05) is 17.6 Å². The zero-order chi connectivity index (χ0) is 12.8. The van der Waals surface area contributed by atoms with Crippen LogP contribution in [0.4, 0.5) is 0 Å². The molecule has 1 aromatic carbocycles. The second-order valence-corrected chi connectivity index (χ2v) is 4.28. The molecular weight excluding hydrogens is 240 g/mol. The van der Waals surface area contributed by atoms with Crippen LogP contribution in [0.2, 0.25) is 5.02 Å². The van der Waals surface area contributed by atoms with Gasteiger partial charge in [-0.2, -0.15) is 0 Å². The quantitative estimate of drug-likeness (QED) is 0.717. The van der Waals surface area contributed by atoms with Crippen molar-refractivity contribution in [3.05, 3.63) is 34.9 Å². The van der Waals surface area contributed by atoms with Crippen LogP contribution in [0.3, 0.4) is 0 Å². The number of rotatable bonds is 6. The van der Waals surface area contributed by atoms with Gasteiger partial charge in [-0.05, 0) is 24.1 Å². The second-order valence-electron chi connectivity index (χ2n) is 3.84. The van der Waals surface area contributed by atoms with Gasteiger partial charge in [-0.15, -0.1) is 0 Å². The number of hydrogen-bond acceptors (Lipinski definition) is 3. The molecule has 0 fully saturated rings. The minimum atomic E-state index is -1.16. The first-order chi connectivity index (χ1) is 8.04. The van der Waals surface area contributed by atoms with Gasteiger partial charge >= 0.3 is 0 Å². The van der Waals surface area contributed by atoms with E-state index >= 15 is 0 Å². The number of benzene rings is 1. The molecule has 0 bridgehead atoms. The Kier molecular flexibility index (Phi) is 5.41. The summed E-state index contributed by atoms with van der Waals surface area (Å²) in [5.74, 6) is -0.724. The Morgan fingerprint density at radius 2 is 2.29 bits per heavy atom. The molecule has 1 rings (SSSR count). The SMILES string of the molecule is CCC(NCC(O)C(N)=O)c1cccc(Cl)c1. The van der Waals surface area contributed by atoms with E-state index in [-0.39, 0.29) is 12.6 Å². The van der Waals surface area contributed by atoms with Crippen LogP contribution < -0.4 is 11.1 Å². The van der Waals surface area contributed by atoms with Crippen molar-refractivity contribution in [1.29, 1.82) is 0 Å². The Bertz CT molecular complexity index is 385. The lowest BCUT2D eigenvalue weighted by Crippen LogP contribution is -2.38. The van der Waals surface area contributed by atoms with E-state index in [1.165, 1.54) is 0 Å². The summed E-state index contributed by atoms with van der Waals surface area (Å²) in [7, 11) is 0. The van der Waals surface area contributed by atoms with Gasteiger partial charge in [0.05, 0.1) is 0 Å². The van der Waals surface area contributed by atoms with Crippen LogP contribution in [0, 0.1) is 0 Å². The molecule has 0 aliphatic heterocycles. The number of carbonyl (C=O) groups is 1. The molecule has 0 spiro atoms. The second kappa shape index (κ2) is 6.59. The predicted octanol–water partition coefficient (Wildman–Crippen LogP) is 1.23. The monoisotopic (exact) mass is 256 g/mol. The van der Waals surface area contributed by atoms with Crippen molar-refractivity contribution in [3.8, 4) is 0 Å². The van der Waals surface area contributed by atoms with Gasteiger partial charge in [-0.3, -0.25) is 4.79 Å². The van der Waals surface area contributed by atoms with E-state index in [9.17, 15) is 9.90 Å².